The van der Waals surface area contributed by atoms with Crippen LogP contribution in [0.3, 0.4) is 0 Å². The van der Waals surface area contributed by atoms with E-state index < -0.39 is 14.9 Å². The maximum atomic E-state index is 12.8. The van der Waals surface area contributed by atoms with Crippen LogP contribution in [0.1, 0.15) is 39.0 Å². The van der Waals surface area contributed by atoms with Gasteiger partial charge in [0.05, 0.1) is 4.92 Å². The highest BCUT2D eigenvalue weighted by Gasteiger charge is 2.34. The lowest BCUT2D eigenvalue weighted by atomic mass is 10.1. The van der Waals surface area contributed by atoms with Crippen molar-refractivity contribution in [2.75, 3.05) is 12.3 Å². The van der Waals surface area contributed by atoms with Gasteiger partial charge in [0, 0.05) is 18.7 Å². The van der Waals surface area contributed by atoms with E-state index in [1.54, 1.807) is 0 Å². The van der Waals surface area contributed by atoms with E-state index in [0.29, 0.717) is 6.54 Å². The predicted molar refractivity (Wildman–Crippen MR) is 81.8 cm³/mol. The largest absolute Gasteiger partial charge is 0.385 e. The first-order valence-corrected chi connectivity index (χ1v) is 9.19. The second-order valence-corrected chi connectivity index (χ2v) is 8.30. The molecule has 118 valence electrons. The normalized spacial score (nSPS) is 21.1. The Morgan fingerprint density at radius 1 is 1.48 bits per heavy atom. The zero-order chi connectivity index (χ0) is 15.6. The van der Waals surface area contributed by atoms with Gasteiger partial charge in [-0.15, -0.1) is 0 Å². The van der Waals surface area contributed by atoms with Crippen LogP contribution in [0, 0.1) is 10.1 Å². The maximum absolute atomic E-state index is 12.8. The summed E-state index contributed by atoms with van der Waals surface area (Å²) in [5.74, 6) is 0. The molecule has 1 saturated heterocycles. The van der Waals surface area contributed by atoms with Crippen molar-refractivity contribution in [3.05, 3.63) is 16.2 Å². The van der Waals surface area contributed by atoms with Gasteiger partial charge in [-0.3, -0.25) is 10.1 Å². The van der Waals surface area contributed by atoms with E-state index in [1.165, 1.54) is 4.31 Å². The fourth-order valence-corrected chi connectivity index (χ4v) is 5.74. The van der Waals surface area contributed by atoms with Gasteiger partial charge in [0.1, 0.15) is 4.21 Å². The van der Waals surface area contributed by atoms with Crippen LogP contribution in [-0.4, -0.2) is 30.2 Å². The molecule has 1 atom stereocenters. The fourth-order valence-electron chi connectivity index (χ4n) is 2.63. The molecule has 0 saturated carbocycles. The summed E-state index contributed by atoms with van der Waals surface area (Å²) < 4.78 is 27.0. The number of anilines is 1. The van der Waals surface area contributed by atoms with Crippen LogP contribution in [0.4, 0.5) is 10.7 Å². The second-order valence-electron chi connectivity index (χ2n) is 5.10. The van der Waals surface area contributed by atoms with Crippen LogP contribution in [0.15, 0.2) is 10.3 Å². The Balaban J connectivity index is 2.40. The highest BCUT2D eigenvalue weighted by atomic mass is 32.2. The third-order valence-electron chi connectivity index (χ3n) is 3.77. The summed E-state index contributed by atoms with van der Waals surface area (Å²) in [4.78, 5) is 10.2. The molecule has 7 nitrogen and oxygen atoms in total. The zero-order valence-corrected chi connectivity index (χ0v) is 13.5. The Hall–Kier alpha value is -1.19. The van der Waals surface area contributed by atoms with E-state index in [-0.39, 0.29) is 20.9 Å². The number of hydrogen-bond donors (Lipinski definition) is 1. The lowest BCUT2D eigenvalue weighted by Crippen LogP contribution is -2.39. The predicted octanol–water partition coefficient (Wildman–Crippen LogP) is 2.58. The van der Waals surface area contributed by atoms with Crippen molar-refractivity contribution in [1.29, 1.82) is 0 Å². The molecule has 0 amide bonds. The van der Waals surface area contributed by atoms with Crippen molar-refractivity contribution >= 4 is 32.0 Å². The number of nitrogen functional groups attached to an aromatic ring is 1. The van der Waals surface area contributed by atoms with Crippen LogP contribution in [0.2, 0.25) is 0 Å². The molecule has 2 heterocycles. The molecule has 2 rings (SSSR count). The van der Waals surface area contributed by atoms with Crippen molar-refractivity contribution in [3.63, 3.8) is 0 Å². The molecule has 0 bridgehead atoms. The monoisotopic (exact) mass is 333 g/mol. The zero-order valence-electron chi connectivity index (χ0n) is 11.8. The van der Waals surface area contributed by atoms with Crippen molar-refractivity contribution in [2.45, 2.75) is 49.3 Å². The van der Waals surface area contributed by atoms with E-state index in [9.17, 15) is 18.5 Å². The Labute approximate surface area is 127 Å². The Morgan fingerprint density at radius 3 is 2.76 bits per heavy atom. The van der Waals surface area contributed by atoms with Gasteiger partial charge in [0.25, 0.3) is 10.0 Å². The molecule has 1 aromatic heterocycles. The number of sulfonamides is 1. The molecule has 2 N–H and O–H groups in total. The molecule has 21 heavy (non-hydrogen) atoms. The van der Waals surface area contributed by atoms with Crippen LogP contribution in [0.25, 0.3) is 0 Å². The first-order chi connectivity index (χ1) is 9.87. The molecule has 1 fully saturated rings. The van der Waals surface area contributed by atoms with E-state index in [0.717, 1.165) is 49.5 Å². The van der Waals surface area contributed by atoms with Gasteiger partial charge in [-0.25, -0.2) is 8.42 Å². The smallest absolute Gasteiger partial charge is 0.304 e. The highest BCUT2D eigenvalue weighted by Crippen LogP contribution is 2.37. The number of nitro groups is 1. The summed E-state index contributed by atoms with van der Waals surface area (Å²) in [6.07, 6.45) is 4.41. The van der Waals surface area contributed by atoms with Crippen LogP contribution in [-0.2, 0) is 10.0 Å². The number of thiophene rings is 1. The summed E-state index contributed by atoms with van der Waals surface area (Å²) in [7, 11) is -3.71. The van der Waals surface area contributed by atoms with E-state index in [2.05, 4.69) is 0 Å². The number of hydrogen-bond acceptors (Lipinski definition) is 6. The van der Waals surface area contributed by atoms with E-state index >= 15 is 0 Å². The Bertz CT molecular complexity index is 626. The molecule has 0 aromatic carbocycles. The van der Waals surface area contributed by atoms with Gasteiger partial charge >= 0.3 is 5.69 Å². The van der Waals surface area contributed by atoms with Gasteiger partial charge in [-0.2, -0.15) is 4.31 Å². The lowest BCUT2D eigenvalue weighted by Gasteiger charge is -2.27. The first-order valence-electron chi connectivity index (χ1n) is 6.93. The van der Waals surface area contributed by atoms with Crippen molar-refractivity contribution in [2.24, 2.45) is 0 Å². The van der Waals surface area contributed by atoms with Crippen LogP contribution < -0.4 is 5.73 Å². The minimum Gasteiger partial charge on any atom is -0.385 e. The Kier molecular flexibility index (Phi) is 4.84. The van der Waals surface area contributed by atoms with Gasteiger partial charge < -0.3 is 5.73 Å². The van der Waals surface area contributed by atoms with E-state index in [1.807, 2.05) is 6.92 Å². The lowest BCUT2D eigenvalue weighted by molar-refractivity contribution is -0.383. The topological polar surface area (TPSA) is 107 Å². The molecule has 0 aliphatic carbocycles. The van der Waals surface area contributed by atoms with Crippen LogP contribution in [0.5, 0.6) is 0 Å². The minimum atomic E-state index is -3.71. The van der Waals surface area contributed by atoms with E-state index in [4.69, 9.17) is 5.73 Å². The highest BCUT2D eigenvalue weighted by molar-refractivity contribution is 7.91. The van der Waals surface area contributed by atoms with Gasteiger partial charge in [-0.1, -0.05) is 31.1 Å². The molecule has 9 heteroatoms. The molecule has 0 radical (unpaired) electrons. The molecule has 1 aromatic rings. The minimum absolute atomic E-state index is 0.0351. The first kappa shape index (κ1) is 16.2. The fraction of sp³-hybridized carbons (Fsp3) is 0.667. The molecular formula is C12H19N3O4S2. The van der Waals surface area contributed by atoms with Crippen molar-refractivity contribution in [3.8, 4) is 0 Å². The van der Waals surface area contributed by atoms with Gasteiger partial charge in [0.2, 0.25) is 0 Å². The molecular weight excluding hydrogens is 314 g/mol. The number of nitrogens with two attached hydrogens (primary N) is 1. The van der Waals surface area contributed by atoms with Crippen LogP contribution >= 0.6 is 11.3 Å². The average Bonchev–Trinajstić information content (AvgIpc) is 2.68. The third kappa shape index (κ3) is 3.19. The summed E-state index contributed by atoms with van der Waals surface area (Å²) >= 11 is 0.769. The van der Waals surface area contributed by atoms with Crippen molar-refractivity contribution in [1.82, 2.24) is 4.31 Å². The average molecular weight is 333 g/mol. The van der Waals surface area contributed by atoms with Gasteiger partial charge in [0.15, 0.2) is 5.00 Å². The molecule has 1 aliphatic rings. The molecule has 0 spiro atoms. The summed E-state index contributed by atoms with van der Waals surface area (Å²) in [5, 5.41) is 10.8. The maximum Gasteiger partial charge on any atom is 0.304 e. The summed E-state index contributed by atoms with van der Waals surface area (Å²) in [6.45, 7) is 2.43. The number of nitrogens with zero attached hydrogens (tertiary/aromatic N) is 2. The molecule has 1 unspecified atom stereocenters. The quantitative estimate of drug-likeness (QED) is 0.673. The summed E-state index contributed by atoms with van der Waals surface area (Å²) in [6, 6.07) is 1.03. The third-order valence-corrected chi connectivity index (χ3v) is 7.13. The summed E-state index contributed by atoms with van der Waals surface area (Å²) in [5.41, 5.74) is 5.23. The second kappa shape index (κ2) is 6.29. The SMILES string of the molecule is CCC1CCCCCN1S(=O)(=O)c1cc([N+](=O)[O-])c(N)s1. The standard InChI is InChI=1S/C12H19N3O4S2/c1-2-9-6-4-3-5-7-14(9)21(18,19)11-8-10(15(16)17)12(13)20-11/h8-9H,2-7,13H2,1H3. The number of rotatable bonds is 4. The molecule has 1 aliphatic heterocycles. The van der Waals surface area contributed by atoms with Crippen molar-refractivity contribution < 1.29 is 13.3 Å². The Morgan fingerprint density at radius 2 is 2.19 bits per heavy atom. The van der Waals surface area contributed by atoms with Gasteiger partial charge in [-0.05, 0) is 19.3 Å².